The molecule has 7 nitrogen and oxygen atoms in total. The van der Waals surface area contributed by atoms with Crippen molar-refractivity contribution in [1.29, 1.82) is 0 Å². The molecule has 9 heteroatoms. The highest BCUT2D eigenvalue weighted by Crippen LogP contribution is 2.38. The maximum atomic E-state index is 12.0. The number of hydrogen-bond acceptors (Lipinski definition) is 6. The molecule has 140 valence electrons. The second-order valence-electron chi connectivity index (χ2n) is 6.10. The van der Waals surface area contributed by atoms with Gasteiger partial charge in [0.25, 0.3) is 0 Å². The fourth-order valence-electron chi connectivity index (χ4n) is 2.53. The Kier molecular flexibility index (Phi) is 6.26. The first-order chi connectivity index (χ1) is 12.5. The second-order valence-corrected chi connectivity index (χ2v) is 7.45. The maximum absolute atomic E-state index is 12.0. The minimum atomic E-state index is -0.0445. The second kappa shape index (κ2) is 8.64. The van der Waals surface area contributed by atoms with E-state index >= 15 is 0 Å². The summed E-state index contributed by atoms with van der Waals surface area (Å²) in [4.78, 5) is 12.0. The summed E-state index contributed by atoms with van der Waals surface area (Å²) < 4.78 is 13.0. The molecule has 0 aliphatic carbocycles. The Labute approximate surface area is 161 Å². The van der Waals surface area contributed by atoms with Crippen LogP contribution in [-0.4, -0.2) is 46.2 Å². The number of carbonyl (C=O) groups excluding carboxylic acids is 1. The lowest BCUT2D eigenvalue weighted by molar-refractivity contribution is -0.118. The van der Waals surface area contributed by atoms with E-state index in [1.165, 1.54) is 11.8 Å². The summed E-state index contributed by atoms with van der Waals surface area (Å²) in [5, 5.41) is 12.1. The number of nitrogens with zero attached hydrogens (tertiary/aromatic N) is 3. The number of rotatable bonds is 7. The van der Waals surface area contributed by atoms with Crippen LogP contribution in [0.25, 0.3) is 0 Å². The number of aromatic nitrogens is 3. The zero-order valence-corrected chi connectivity index (χ0v) is 16.3. The van der Waals surface area contributed by atoms with Gasteiger partial charge in [-0.25, -0.2) is 0 Å². The zero-order chi connectivity index (χ0) is 18.5. The molecule has 0 saturated carbocycles. The molecule has 0 radical (unpaired) electrons. The molecule has 1 aliphatic heterocycles. The van der Waals surface area contributed by atoms with Crippen molar-refractivity contribution in [3.05, 3.63) is 29.0 Å². The van der Waals surface area contributed by atoms with Crippen LogP contribution in [0, 0.1) is 0 Å². The summed E-state index contributed by atoms with van der Waals surface area (Å²) >= 11 is 7.60. The van der Waals surface area contributed by atoms with Gasteiger partial charge in [-0.15, -0.1) is 10.2 Å². The predicted molar refractivity (Wildman–Crippen MR) is 100 cm³/mol. The number of carbonyl (C=O) groups is 1. The van der Waals surface area contributed by atoms with Crippen molar-refractivity contribution in [2.24, 2.45) is 0 Å². The molecular weight excluding hydrogens is 376 g/mol. The van der Waals surface area contributed by atoms with Crippen LogP contribution in [0.5, 0.6) is 11.5 Å². The van der Waals surface area contributed by atoms with Crippen molar-refractivity contribution < 1.29 is 14.3 Å². The molecule has 0 atom stereocenters. The molecule has 2 heterocycles. The van der Waals surface area contributed by atoms with Gasteiger partial charge in [-0.05, 0) is 38.0 Å². The van der Waals surface area contributed by atoms with Crippen LogP contribution in [0.1, 0.15) is 25.5 Å². The monoisotopic (exact) mass is 396 g/mol. The fourth-order valence-corrected chi connectivity index (χ4v) is 3.69. The van der Waals surface area contributed by atoms with Crippen molar-refractivity contribution in [1.82, 2.24) is 20.1 Å². The summed E-state index contributed by atoms with van der Waals surface area (Å²) in [6.07, 6.45) is 2.34. The van der Waals surface area contributed by atoms with Crippen LogP contribution in [-0.2, 0) is 11.2 Å². The summed E-state index contributed by atoms with van der Waals surface area (Å²) in [6.45, 7) is 5.64. The van der Waals surface area contributed by atoms with Crippen LogP contribution in [0.4, 0.5) is 0 Å². The molecular formula is C17H21ClN4O3S. The van der Waals surface area contributed by atoms with E-state index in [4.69, 9.17) is 21.1 Å². The van der Waals surface area contributed by atoms with Gasteiger partial charge in [0, 0.05) is 12.6 Å². The third-order valence-electron chi connectivity index (χ3n) is 3.82. The van der Waals surface area contributed by atoms with E-state index in [2.05, 4.69) is 15.5 Å². The number of hydrogen-bond donors (Lipinski definition) is 1. The Balaban J connectivity index is 1.47. The van der Waals surface area contributed by atoms with E-state index in [0.717, 1.165) is 10.7 Å². The van der Waals surface area contributed by atoms with Gasteiger partial charge < -0.3 is 19.4 Å². The topological polar surface area (TPSA) is 78.3 Å². The van der Waals surface area contributed by atoms with Crippen LogP contribution in [0.15, 0.2) is 23.6 Å². The standard InChI is InChI=1S/C17H21ClN4O3S/c1-11(2)22-10-20-21-17(22)26-9-15(23)19-4-3-12-7-13(18)16-14(8-12)24-5-6-25-16/h7-8,10-11H,3-6,9H2,1-2H3,(H,19,23). The van der Waals surface area contributed by atoms with Gasteiger partial charge in [-0.2, -0.15) is 0 Å². The Morgan fingerprint density at radius 1 is 1.38 bits per heavy atom. The molecule has 1 aliphatic rings. The first-order valence-corrected chi connectivity index (χ1v) is 9.78. The minimum Gasteiger partial charge on any atom is -0.486 e. The zero-order valence-electron chi connectivity index (χ0n) is 14.7. The van der Waals surface area contributed by atoms with Gasteiger partial charge in [0.15, 0.2) is 16.7 Å². The Hall–Kier alpha value is -1.93. The van der Waals surface area contributed by atoms with Gasteiger partial charge in [0.1, 0.15) is 19.5 Å². The number of amides is 1. The number of thioether (sulfide) groups is 1. The number of halogens is 1. The van der Waals surface area contributed by atoms with E-state index < -0.39 is 0 Å². The molecule has 0 unspecified atom stereocenters. The first-order valence-electron chi connectivity index (χ1n) is 8.41. The summed E-state index contributed by atoms with van der Waals surface area (Å²) in [7, 11) is 0. The third kappa shape index (κ3) is 4.62. The van der Waals surface area contributed by atoms with E-state index in [9.17, 15) is 4.79 Å². The highest BCUT2D eigenvalue weighted by Gasteiger charge is 2.16. The van der Waals surface area contributed by atoms with Gasteiger partial charge >= 0.3 is 0 Å². The minimum absolute atomic E-state index is 0.0445. The summed E-state index contributed by atoms with van der Waals surface area (Å²) in [5.41, 5.74) is 0.992. The van der Waals surface area contributed by atoms with Gasteiger partial charge in [-0.3, -0.25) is 4.79 Å². The Morgan fingerprint density at radius 3 is 3.00 bits per heavy atom. The SMILES string of the molecule is CC(C)n1cnnc1SCC(=O)NCCc1cc(Cl)c2c(c1)OCCO2. The highest BCUT2D eigenvalue weighted by molar-refractivity contribution is 7.99. The van der Waals surface area contributed by atoms with E-state index in [-0.39, 0.29) is 11.9 Å². The van der Waals surface area contributed by atoms with Gasteiger partial charge in [-0.1, -0.05) is 23.4 Å². The molecule has 1 N–H and O–H groups in total. The summed E-state index contributed by atoms with van der Waals surface area (Å²) in [5.74, 6) is 1.51. The fraction of sp³-hybridized carbons (Fsp3) is 0.471. The maximum Gasteiger partial charge on any atom is 0.230 e. The summed E-state index contributed by atoms with van der Waals surface area (Å²) in [6, 6.07) is 4.02. The van der Waals surface area contributed by atoms with Crippen LogP contribution >= 0.6 is 23.4 Å². The average Bonchev–Trinajstić information content (AvgIpc) is 3.09. The van der Waals surface area contributed by atoms with Crippen LogP contribution in [0.2, 0.25) is 5.02 Å². The van der Waals surface area contributed by atoms with E-state index in [1.807, 2.05) is 30.5 Å². The average molecular weight is 397 g/mol. The van der Waals surface area contributed by atoms with Crippen molar-refractivity contribution >= 4 is 29.3 Å². The van der Waals surface area contributed by atoms with E-state index in [0.29, 0.717) is 48.5 Å². The molecule has 0 bridgehead atoms. The smallest absolute Gasteiger partial charge is 0.230 e. The van der Waals surface area contributed by atoms with Crippen LogP contribution < -0.4 is 14.8 Å². The van der Waals surface area contributed by atoms with Gasteiger partial charge in [0.2, 0.25) is 5.91 Å². The molecule has 2 aromatic rings. The number of nitrogens with one attached hydrogen (secondary N) is 1. The largest absolute Gasteiger partial charge is 0.486 e. The molecule has 1 aromatic heterocycles. The molecule has 0 saturated heterocycles. The first kappa shape index (κ1) is 18.8. The normalized spacial score (nSPS) is 13.1. The molecule has 0 spiro atoms. The lowest BCUT2D eigenvalue weighted by Gasteiger charge is -2.20. The van der Waals surface area contributed by atoms with Crippen molar-refractivity contribution in [2.45, 2.75) is 31.5 Å². The van der Waals surface area contributed by atoms with Gasteiger partial charge in [0.05, 0.1) is 10.8 Å². The van der Waals surface area contributed by atoms with Crippen molar-refractivity contribution in [3.63, 3.8) is 0 Å². The number of benzene rings is 1. The third-order valence-corrected chi connectivity index (χ3v) is 5.06. The Bertz CT molecular complexity index is 781. The molecule has 1 amide bonds. The molecule has 26 heavy (non-hydrogen) atoms. The molecule has 1 aromatic carbocycles. The lowest BCUT2D eigenvalue weighted by Crippen LogP contribution is -2.27. The van der Waals surface area contributed by atoms with Crippen molar-refractivity contribution in [3.8, 4) is 11.5 Å². The lowest BCUT2D eigenvalue weighted by atomic mass is 10.1. The van der Waals surface area contributed by atoms with Crippen LogP contribution in [0.3, 0.4) is 0 Å². The molecule has 3 rings (SSSR count). The highest BCUT2D eigenvalue weighted by atomic mass is 35.5. The van der Waals surface area contributed by atoms with Crippen molar-refractivity contribution in [2.75, 3.05) is 25.5 Å². The predicted octanol–water partition coefficient (Wildman–Crippen LogP) is 2.73. The van der Waals surface area contributed by atoms with E-state index in [1.54, 1.807) is 6.33 Å². The Morgan fingerprint density at radius 2 is 2.19 bits per heavy atom. The molecule has 0 fully saturated rings. The number of ether oxygens (including phenoxy) is 2. The number of fused-ring (bicyclic) bond motifs is 1. The quantitative estimate of drug-likeness (QED) is 0.725.